The minimum atomic E-state index is -0.653. The lowest BCUT2D eigenvalue weighted by atomic mass is 9.86. The van der Waals surface area contributed by atoms with Gasteiger partial charge in [-0.15, -0.1) is 11.6 Å². The summed E-state index contributed by atoms with van der Waals surface area (Å²) < 4.78 is 0. The lowest BCUT2D eigenvalue weighted by Gasteiger charge is -2.38. The van der Waals surface area contributed by atoms with Crippen LogP contribution in [0.1, 0.15) is 12.8 Å². The van der Waals surface area contributed by atoms with Crippen LogP contribution in [-0.4, -0.2) is 40.4 Å². The third-order valence-electron chi connectivity index (χ3n) is 3.13. The van der Waals surface area contributed by atoms with Crippen LogP contribution in [0.3, 0.4) is 0 Å². The van der Waals surface area contributed by atoms with Crippen LogP contribution < -0.4 is 5.32 Å². The van der Waals surface area contributed by atoms with Crippen LogP contribution in [0.15, 0.2) is 0 Å². The third-order valence-corrected chi connectivity index (χ3v) is 3.47. The Kier molecular flexibility index (Phi) is 2.07. The number of piperidine rings is 1. The zero-order valence-corrected chi connectivity index (χ0v) is 7.59. The molecular weight excluding hydrogens is 178 g/mol. The maximum Gasteiger partial charge on any atom is 0.0927 e. The second-order valence-electron chi connectivity index (χ2n) is 3.86. The average Bonchev–Trinajstić information content (AvgIpc) is 2.81. The Balaban J connectivity index is 2.11. The van der Waals surface area contributed by atoms with Gasteiger partial charge in [0.25, 0.3) is 0 Å². The first-order valence-electron chi connectivity index (χ1n) is 4.37. The minimum absolute atomic E-state index is 0.0166. The second kappa shape index (κ2) is 2.84. The molecule has 4 heteroatoms. The quantitative estimate of drug-likeness (QED) is 0.499. The van der Waals surface area contributed by atoms with Crippen molar-refractivity contribution < 1.29 is 10.2 Å². The topological polar surface area (TPSA) is 52.5 Å². The number of nitrogens with one attached hydrogen (secondary N) is 1. The van der Waals surface area contributed by atoms with Crippen molar-refractivity contribution in [2.24, 2.45) is 5.92 Å². The Morgan fingerprint density at radius 1 is 1.42 bits per heavy atom. The van der Waals surface area contributed by atoms with Gasteiger partial charge in [0.2, 0.25) is 0 Å². The predicted octanol–water partition coefficient (Wildman–Crippen LogP) is -0.301. The van der Waals surface area contributed by atoms with Crippen LogP contribution in [0.25, 0.3) is 0 Å². The second-order valence-corrected chi connectivity index (χ2v) is 4.16. The third kappa shape index (κ3) is 1.16. The van der Waals surface area contributed by atoms with Crippen molar-refractivity contribution in [3.63, 3.8) is 0 Å². The van der Waals surface area contributed by atoms with Gasteiger partial charge in [0, 0.05) is 23.9 Å². The Hall–Kier alpha value is 0.170. The highest BCUT2D eigenvalue weighted by Crippen LogP contribution is 2.46. The smallest absolute Gasteiger partial charge is 0.0927 e. The van der Waals surface area contributed by atoms with E-state index in [-0.39, 0.29) is 11.5 Å². The van der Waals surface area contributed by atoms with Crippen LogP contribution in [-0.2, 0) is 0 Å². The number of β-amino-alcohol motifs (C(OH)–C–C–N with tert-alkyl or cyclic N) is 1. The van der Waals surface area contributed by atoms with E-state index in [9.17, 15) is 10.2 Å². The molecule has 2 fully saturated rings. The molecule has 2 rings (SSSR count). The fraction of sp³-hybridized carbons (Fsp3) is 1.00. The standard InChI is InChI=1S/C8H14ClNO2/c9-3-5-7(12)6(11)4-10-8(5)1-2-8/h5-7,10-12H,1-4H2. The molecule has 1 spiro atoms. The summed E-state index contributed by atoms with van der Waals surface area (Å²) >= 11 is 5.75. The molecule has 12 heavy (non-hydrogen) atoms. The van der Waals surface area contributed by atoms with E-state index in [1.165, 1.54) is 0 Å². The SMILES string of the molecule is OC1CNC2(CC2)C(CCl)C1O. The number of aliphatic hydroxyl groups excluding tert-OH is 2. The van der Waals surface area contributed by atoms with Gasteiger partial charge >= 0.3 is 0 Å². The van der Waals surface area contributed by atoms with Crippen LogP contribution in [0, 0.1) is 5.92 Å². The van der Waals surface area contributed by atoms with Crippen molar-refractivity contribution in [3.8, 4) is 0 Å². The van der Waals surface area contributed by atoms with E-state index in [4.69, 9.17) is 11.6 Å². The summed E-state index contributed by atoms with van der Waals surface area (Å²) in [6, 6.07) is 0. The van der Waals surface area contributed by atoms with Crippen molar-refractivity contribution in [2.45, 2.75) is 30.6 Å². The van der Waals surface area contributed by atoms with Gasteiger partial charge in [0.05, 0.1) is 12.2 Å². The van der Waals surface area contributed by atoms with Crippen LogP contribution in [0.4, 0.5) is 0 Å². The molecule has 3 atom stereocenters. The number of hydrogen-bond donors (Lipinski definition) is 3. The molecule has 1 aliphatic carbocycles. The van der Waals surface area contributed by atoms with Crippen molar-refractivity contribution in [3.05, 3.63) is 0 Å². The Labute approximate surface area is 76.7 Å². The summed E-state index contributed by atoms with van der Waals surface area (Å²) in [5, 5.41) is 22.3. The maximum atomic E-state index is 9.64. The van der Waals surface area contributed by atoms with E-state index in [1.807, 2.05) is 0 Å². The zero-order valence-electron chi connectivity index (χ0n) is 6.83. The molecule has 3 unspecified atom stereocenters. The molecule has 1 saturated heterocycles. The van der Waals surface area contributed by atoms with E-state index in [0.717, 1.165) is 12.8 Å². The summed E-state index contributed by atoms with van der Waals surface area (Å²) in [5.74, 6) is 0.438. The van der Waals surface area contributed by atoms with E-state index >= 15 is 0 Å². The molecule has 0 bridgehead atoms. The highest BCUT2D eigenvalue weighted by molar-refractivity contribution is 6.18. The summed E-state index contributed by atoms with van der Waals surface area (Å²) in [5.41, 5.74) is 0.0559. The molecule has 3 N–H and O–H groups in total. The number of halogens is 1. The molecule has 0 aromatic rings. The molecule has 3 nitrogen and oxygen atoms in total. The normalized spacial score (nSPS) is 44.8. The molecule has 0 amide bonds. The first kappa shape index (κ1) is 8.75. The van der Waals surface area contributed by atoms with Crippen LogP contribution in [0.2, 0.25) is 0 Å². The first-order valence-corrected chi connectivity index (χ1v) is 4.90. The molecular formula is C8H14ClNO2. The van der Waals surface area contributed by atoms with E-state index < -0.39 is 12.2 Å². The molecule has 1 saturated carbocycles. The average molecular weight is 192 g/mol. The molecule has 0 radical (unpaired) electrons. The summed E-state index contributed by atoms with van der Waals surface area (Å²) in [4.78, 5) is 0. The summed E-state index contributed by atoms with van der Waals surface area (Å²) in [7, 11) is 0. The highest BCUT2D eigenvalue weighted by atomic mass is 35.5. The van der Waals surface area contributed by atoms with Gasteiger partial charge in [0.15, 0.2) is 0 Å². The number of alkyl halides is 1. The van der Waals surface area contributed by atoms with Crippen molar-refractivity contribution in [1.29, 1.82) is 0 Å². The minimum Gasteiger partial charge on any atom is -0.390 e. The van der Waals surface area contributed by atoms with Crippen molar-refractivity contribution in [1.82, 2.24) is 5.32 Å². The number of rotatable bonds is 1. The van der Waals surface area contributed by atoms with Gasteiger partial charge in [0.1, 0.15) is 0 Å². The summed E-state index contributed by atoms with van der Waals surface area (Å²) in [6.45, 7) is 0.495. The largest absolute Gasteiger partial charge is 0.390 e. The van der Waals surface area contributed by atoms with Crippen molar-refractivity contribution in [2.75, 3.05) is 12.4 Å². The van der Waals surface area contributed by atoms with Gasteiger partial charge in [-0.2, -0.15) is 0 Å². The van der Waals surface area contributed by atoms with Gasteiger partial charge in [-0.25, -0.2) is 0 Å². The lowest BCUT2D eigenvalue weighted by molar-refractivity contribution is -0.0500. The van der Waals surface area contributed by atoms with Crippen LogP contribution >= 0.6 is 11.6 Å². The lowest BCUT2D eigenvalue weighted by Crippen LogP contribution is -2.58. The highest BCUT2D eigenvalue weighted by Gasteiger charge is 2.55. The monoisotopic (exact) mass is 191 g/mol. The van der Waals surface area contributed by atoms with Crippen LogP contribution in [0.5, 0.6) is 0 Å². The molecule has 1 heterocycles. The van der Waals surface area contributed by atoms with E-state index in [2.05, 4.69) is 5.32 Å². The first-order chi connectivity index (χ1) is 5.69. The zero-order chi connectivity index (χ0) is 8.77. The predicted molar refractivity (Wildman–Crippen MR) is 46.2 cm³/mol. The van der Waals surface area contributed by atoms with E-state index in [0.29, 0.717) is 12.4 Å². The molecule has 70 valence electrons. The Morgan fingerprint density at radius 3 is 2.58 bits per heavy atom. The maximum absolute atomic E-state index is 9.64. The fourth-order valence-corrected chi connectivity index (χ4v) is 2.55. The number of hydrogen-bond acceptors (Lipinski definition) is 3. The van der Waals surface area contributed by atoms with Gasteiger partial charge < -0.3 is 15.5 Å². The molecule has 2 aliphatic rings. The van der Waals surface area contributed by atoms with Gasteiger partial charge in [-0.3, -0.25) is 0 Å². The summed E-state index contributed by atoms with van der Waals surface area (Å²) in [6.07, 6.45) is 0.855. The number of aliphatic hydroxyl groups is 2. The molecule has 1 aliphatic heterocycles. The van der Waals surface area contributed by atoms with Gasteiger partial charge in [-0.05, 0) is 12.8 Å². The Morgan fingerprint density at radius 2 is 2.08 bits per heavy atom. The van der Waals surface area contributed by atoms with E-state index in [1.54, 1.807) is 0 Å². The Bertz CT molecular complexity index is 184. The fourth-order valence-electron chi connectivity index (χ4n) is 2.08. The molecule has 0 aromatic carbocycles. The van der Waals surface area contributed by atoms with Crippen molar-refractivity contribution >= 4 is 11.6 Å². The van der Waals surface area contributed by atoms with Gasteiger partial charge in [-0.1, -0.05) is 0 Å². The molecule has 0 aromatic heterocycles.